The average Bonchev–Trinajstić information content (AvgIpc) is 2.18. The Balaban J connectivity index is 3.18. The normalized spacial score (nSPS) is 9.80. The van der Waals surface area contributed by atoms with Crippen LogP contribution in [0, 0.1) is 6.92 Å². The van der Waals surface area contributed by atoms with Crippen LogP contribution in [0.2, 0.25) is 0 Å². The van der Waals surface area contributed by atoms with Crippen LogP contribution >= 0.6 is 15.9 Å². The van der Waals surface area contributed by atoms with Gasteiger partial charge in [-0.2, -0.15) is 0 Å². The van der Waals surface area contributed by atoms with E-state index in [4.69, 9.17) is 4.74 Å². The first-order valence-corrected chi connectivity index (χ1v) is 5.32. The van der Waals surface area contributed by atoms with Gasteiger partial charge in [-0.05, 0) is 47.5 Å². The predicted molar refractivity (Wildman–Crippen MR) is 60.2 cm³/mol. The fraction of sp³-hybridized carbons (Fsp3) is 0.273. The van der Waals surface area contributed by atoms with Crippen molar-refractivity contribution in [1.29, 1.82) is 0 Å². The number of aryl methyl sites for hydroxylation is 1. The second-order valence-electron chi connectivity index (χ2n) is 3.03. The SMILES string of the molecule is CCOC(=O)c1cc(C=O)c(C)cc1Br. The van der Waals surface area contributed by atoms with E-state index in [1.54, 1.807) is 13.0 Å². The zero-order valence-corrected chi connectivity index (χ0v) is 10.1. The molecule has 0 saturated heterocycles. The molecule has 0 bridgehead atoms. The molecule has 3 nitrogen and oxygen atoms in total. The monoisotopic (exact) mass is 270 g/mol. The fourth-order valence-corrected chi connectivity index (χ4v) is 1.80. The molecule has 0 N–H and O–H groups in total. The molecule has 0 heterocycles. The Morgan fingerprint density at radius 1 is 1.53 bits per heavy atom. The molecule has 80 valence electrons. The summed E-state index contributed by atoms with van der Waals surface area (Å²) >= 11 is 3.26. The molecule has 0 aliphatic carbocycles. The average molecular weight is 271 g/mol. The topological polar surface area (TPSA) is 43.4 Å². The molecule has 0 aliphatic rings. The van der Waals surface area contributed by atoms with E-state index in [1.807, 2.05) is 6.92 Å². The number of hydrogen-bond donors (Lipinski definition) is 0. The van der Waals surface area contributed by atoms with Crippen molar-refractivity contribution in [3.05, 3.63) is 33.3 Å². The highest BCUT2D eigenvalue weighted by Gasteiger charge is 2.13. The van der Waals surface area contributed by atoms with Gasteiger partial charge in [-0.15, -0.1) is 0 Å². The zero-order valence-electron chi connectivity index (χ0n) is 8.54. The fourth-order valence-electron chi connectivity index (χ4n) is 1.18. The van der Waals surface area contributed by atoms with E-state index in [2.05, 4.69) is 15.9 Å². The molecule has 1 aromatic rings. The molecule has 0 spiro atoms. The highest BCUT2D eigenvalue weighted by molar-refractivity contribution is 9.10. The van der Waals surface area contributed by atoms with Crippen molar-refractivity contribution in [2.24, 2.45) is 0 Å². The maximum absolute atomic E-state index is 11.5. The first kappa shape index (κ1) is 11.9. The molecule has 0 aliphatic heterocycles. The molecule has 4 heteroatoms. The molecular weight excluding hydrogens is 260 g/mol. The Hall–Kier alpha value is -1.16. The number of ether oxygens (including phenoxy) is 1. The summed E-state index contributed by atoms with van der Waals surface area (Å²) in [6.45, 7) is 3.86. The van der Waals surface area contributed by atoms with E-state index in [0.29, 0.717) is 22.2 Å². The van der Waals surface area contributed by atoms with Crippen LogP contribution in [0.3, 0.4) is 0 Å². The third-order valence-electron chi connectivity index (χ3n) is 1.98. The van der Waals surface area contributed by atoms with E-state index < -0.39 is 5.97 Å². The molecule has 0 fully saturated rings. The second-order valence-corrected chi connectivity index (χ2v) is 3.88. The minimum atomic E-state index is -0.424. The van der Waals surface area contributed by atoms with Crippen molar-refractivity contribution in [2.45, 2.75) is 13.8 Å². The molecule has 0 aromatic heterocycles. The summed E-state index contributed by atoms with van der Waals surface area (Å²) < 4.78 is 5.51. The van der Waals surface area contributed by atoms with Gasteiger partial charge in [-0.25, -0.2) is 4.79 Å². The van der Waals surface area contributed by atoms with Gasteiger partial charge in [0.1, 0.15) is 6.29 Å². The van der Waals surface area contributed by atoms with E-state index in [0.717, 1.165) is 11.8 Å². The van der Waals surface area contributed by atoms with Crippen molar-refractivity contribution in [2.75, 3.05) is 6.61 Å². The van der Waals surface area contributed by atoms with Gasteiger partial charge >= 0.3 is 5.97 Å². The van der Waals surface area contributed by atoms with Crippen LogP contribution in [0.25, 0.3) is 0 Å². The Morgan fingerprint density at radius 2 is 2.20 bits per heavy atom. The van der Waals surface area contributed by atoms with Gasteiger partial charge in [0, 0.05) is 10.0 Å². The Bertz CT molecular complexity index is 399. The van der Waals surface area contributed by atoms with Gasteiger partial charge < -0.3 is 4.74 Å². The Labute approximate surface area is 96.6 Å². The predicted octanol–water partition coefficient (Wildman–Crippen LogP) is 2.75. The largest absolute Gasteiger partial charge is 0.462 e. The van der Waals surface area contributed by atoms with Gasteiger partial charge in [-0.3, -0.25) is 4.79 Å². The Morgan fingerprint density at radius 3 is 2.73 bits per heavy atom. The lowest BCUT2D eigenvalue weighted by atomic mass is 10.1. The summed E-state index contributed by atoms with van der Waals surface area (Å²) in [6, 6.07) is 3.26. The lowest BCUT2D eigenvalue weighted by Crippen LogP contribution is -2.06. The summed E-state index contributed by atoms with van der Waals surface area (Å²) in [4.78, 5) is 22.2. The van der Waals surface area contributed by atoms with Crippen LogP contribution in [0.4, 0.5) is 0 Å². The highest BCUT2D eigenvalue weighted by atomic mass is 79.9. The second kappa shape index (κ2) is 5.07. The quantitative estimate of drug-likeness (QED) is 0.627. The van der Waals surface area contributed by atoms with Crippen molar-refractivity contribution in [3.63, 3.8) is 0 Å². The maximum atomic E-state index is 11.5. The summed E-state index contributed by atoms with van der Waals surface area (Å²) in [6.07, 6.45) is 0.727. The molecule has 15 heavy (non-hydrogen) atoms. The number of hydrogen-bond acceptors (Lipinski definition) is 3. The lowest BCUT2D eigenvalue weighted by molar-refractivity contribution is 0.0525. The molecule has 1 rings (SSSR count). The van der Waals surface area contributed by atoms with Crippen LogP contribution in [0.1, 0.15) is 33.2 Å². The van der Waals surface area contributed by atoms with Gasteiger partial charge in [0.15, 0.2) is 0 Å². The third kappa shape index (κ3) is 2.65. The van der Waals surface area contributed by atoms with Gasteiger partial charge in [0.25, 0.3) is 0 Å². The zero-order chi connectivity index (χ0) is 11.4. The molecule has 0 atom stereocenters. The van der Waals surface area contributed by atoms with E-state index >= 15 is 0 Å². The first-order valence-electron chi connectivity index (χ1n) is 4.52. The summed E-state index contributed by atoms with van der Waals surface area (Å²) in [5, 5.41) is 0. The number of rotatable bonds is 3. The summed E-state index contributed by atoms with van der Waals surface area (Å²) in [5.74, 6) is -0.424. The summed E-state index contributed by atoms with van der Waals surface area (Å²) in [7, 11) is 0. The van der Waals surface area contributed by atoms with Crippen molar-refractivity contribution >= 4 is 28.2 Å². The van der Waals surface area contributed by atoms with Crippen LogP contribution in [0.15, 0.2) is 16.6 Å². The minimum Gasteiger partial charge on any atom is -0.462 e. The molecule has 1 aromatic carbocycles. The first-order chi connectivity index (χ1) is 7.10. The number of benzene rings is 1. The van der Waals surface area contributed by atoms with Crippen molar-refractivity contribution < 1.29 is 14.3 Å². The van der Waals surface area contributed by atoms with Crippen LogP contribution in [0.5, 0.6) is 0 Å². The standard InChI is InChI=1S/C11H11BrO3/c1-3-15-11(14)9-5-8(6-13)7(2)4-10(9)12/h4-6H,3H2,1-2H3. The number of aldehydes is 1. The Kier molecular flexibility index (Phi) is 4.03. The highest BCUT2D eigenvalue weighted by Crippen LogP contribution is 2.21. The van der Waals surface area contributed by atoms with E-state index in [9.17, 15) is 9.59 Å². The number of carbonyl (C=O) groups excluding carboxylic acids is 2. The smallest absolute Gasteiger partial charge is 0.339 e. The molecule has 0 amide bonds. The van der Waals surface area contributed by atoms with Crippen molar-refractivity contribution in [3.8, 4) is 0 Å². The van der Waals surface area contributed by atoms with Crippen LogP contribution in [-0.2, 0) is 4.74 Å². The van der Waals surface area contributed by atoms with Gasteiger partial charge in [0.2, 0.25) is 0 Å². The van der Waals surface area contributed by atoms with Crippen LogP contribution < -0.4 is 0 Å². The van der Waals surface area contributed by atoms with Crippen LogP contribution in [-0.4, -0.2) is 18.9 Å². The molecular formula is C11H11BrO3. The lowest BCUT2D eigenvalue weighted by Gasteiger charge is -2.06. The van der Waals surface area contributed by atoms with E-state index in [1.165, 1.54) is 6.07 Å². The number of esters is 1. The molecule has 0 unspecified atom stereocenters. The molecule has 0 radical (unpaired) electrons. The van der Waals surface area contributed by atoms with Gasteiger partial charge in [0.05, 0.1) is 12.2 Å². The molecule has 0 saturated carbocycles. The summed E-state index contributed by atoms with van der Waals surface area (Å²) in [5.41, 5.74) is 1.70. The number of halogens is 1. The third-order valence-corrected chi connectivity index (χ3v) is 2.63. The minimum absolute atomic E-state index is 0.315. The number of carbonyl (C=O) groups is 2. The van der Waals surface area contributed by atoms with Crippen molar-refractivity contribution in [1.82, 2.24) is 0 Å². The van der Waals surface area contributed by atoms with E-state index in [-0.39, 0.29) is 0 Å². The maximum Gasteiger partial charge on any atom is 0.339 e. The van der Waals surface area contributed by atoms with Gasteiger partial charge in [-0.1, -0.05) is 0 Å².